The predicted octanol–water partition coefficient (Wildman–Crippen LogP) is 3.47. The van der Waals surface area contributed by atoms with E-state index in [-0.39, 0.29) is 0 Å². The highest BCUT2D eigenvalue weighted by molar-refractivity contribution is 6.14. The summed E-state index contributed by atoms with van der Waals surface area (Å²) in [5.74, 6) is -0.345. The van der Waals surface area contributed by atoms with Gasteiger partial charge in [0.2, 0.25) is 0 Å². The Labute approximate surface area is 108 Å². The summed E-state index contributed by atoms with van der Waals surface area (Å²) < 4.78 is 37.5. The fourth-order valence-electron chi connectivity index (χ4n) is 1.79. The molecule has 0 atom stereocenters. The molecule has 0 spiro atoms. The van der Waals surface area contributed by atoms with E-state index in [4.69, 9.17) is 0 Å². The molecule has 0 fully saturated rings. The lowest BCUT2D eigenvalue weighted by molar-refractivity contribution is -0.117. The molecule has 1 aliphatic rings. The van der Waals surface area contributed by atoms with Crippen LogP contribution in [-0.2, 0) is 4.79 Å². The van der Waals surface area contributed by atoms with Crippen LogP contribution >= 0.6 is 0 Å². The van der Waals surface area contributed by atoms with Gasteiger partial charge in [0.1, 0.15) is 0 Å². The van der Waals surface area contributed by atoms with Crippen LogP contribution in [0.3, 0.4) is 0 Å². The Morgan fingerprint density at radius 2 is 1.79 bits per heavy atom. The van der Waals surface area contributed by atoms with Crippen molar-refractivity contribution in [2.24, 2.45) is 5.10 Å². The Hall–Kier alpha value is -1.85. The Bertz CT molecular complexity index is 518. The first-order valence-corrected chi connectivity index (χ1v) is 5.86. The highest BCUT2D eigenvalue weighted by atomic mass is 19.4. The minimum absolute atomic E-state index is 0.317. The molecule has 2 rings (SSSR count). The van der Waals surface area contributed by atoms with E-state index in [0.29, 0.717) is 11.6 Å². The average molecular weight is 270 g/mol. The van der Waals surface area contributed by atoms with Crippen LogP contribution in [0.5, 0.6) is 0 Å². The zero-order valence-electron chi connectivity index (χ0n) is 10.5. The van der Waals surface area contributed by atoms with Gasteiger partial charge in [0.25, 0.3) is 5.91 Å². The normalized spacial score (nSPS) is 16.2. The van der Waals surface area contributed by atoms with Crippen LogP contribution in [0, 0.1) is 0 Å². The molecule has 102 valence electrons. The quantitative estimate of drug-likeness (QED) is 0.810. The van der Waals surface area contributed by atoms with Crippen LogP contribution in [0.25, 0.3) is 0 Å². The van der Waals surface area contributed by atoms with E-state index in [9.17, 15) is 18.0 Å². The van der Waals surface area contributed by atoms with E-state index < -0.39 is 24.2 Å². The molecule has 1 heterocycles. The van der Waals surface area contributed by atoms with Crippen molar-refractivity contribution in [2.45, 2.75) is 32.4 Å². The standard InChI is InChI=1S/C13H13F3N2O/c1-8(2)9-3-5-10(6-4-9)18-12(19)7-11(17-18)13(14,15)16/h3-6,8H,7H2,1-2H3. The van der Waals surface area contributed by atoms with Crippen molar-refractivity contribution in [2.75, 3.05) is 5.01 Å². The second kappa shape index (κ2) is 4.68. The average Bonchev–Trinajstić information content (AvgIpc) is 2.71. The van der Waals surface area contributed by atoms with Gasteiger partial charge in [-0.05, 0) is 23.6 Å². The van der Waals surface area contributed by atoms with Crippen molar-refractivity contribution >= 4 is 17.3 Å². The van der Waals surface area contributed by atoms with Crippen molar-refractivity contribution in [1.82, 2.24) is 0 Å². The van der Waals surface area contributed by atoms with Crippen LogP contribution < -0.4 is 5.01 Å². The Morgan fingerprint density at radius 1 is 1.21 bits per heavy atom. The first-order valence-electron chi connectivity index (χ1n) is 5.86. The highest BCUT2D eigenvalue weighted by Crippen LogP contribution is 2.28. The van der Waals surface area contributed by atoms with Crippen LogP contribution in [0.1, 0.15) is 31.7 Å². The minimum Gasteiger partial charge on any atom is -0.272 e. The van der Waals surface area contributed by atoms with E-state index in [1.807, 2.05) is 13.8 Å². The molecule has 0 radical (unpaired) electrons. The molecule has 0 bridgehead atoms. The molecule has 1 amide bonds. The molecule has 0 saturated heterocycles. The molecule has 0 N–H and O–H groups in total. The van der Waals surface area contributed by atoms with Gasteiger partial charge in [-0.3, -0.25) is 4.79 Å². The summed E-state index contributed by atoms with van der Waals surface area (Å²) in [6, 6.07) is 6.79. The van der Waals surface area contributed by atoms with Crippen molar-refractivity contribution < 1.29 is 18.0 Å². The molecule has 0 aromatic heterocycles. The molecule has 19 heavy (non-hydrogen) atoms. The summed E-state index contributed by atoms with van der Waals surface area (Å²) in [4.78, 5) is 11.6. The van der Waals surface area contributed by atoms with E-state index >= 15 is 0 Å². The number of hydrogen-bond acceptors (Lipinski definition) is 2. The molecule has 0 unspecified atom stereocenters. The maximum Gasteiger partial charge on any atom is 0.431 e. The number of carbonyl (C=O) groups is 1. The molecule has 0 saturated carbocycles. The molecule has 1 aromatic rings. The first kappa shape index (κ1) is 13.6. The van der Waals surface area contributed by atoms with Crippen molar-refractivity contribution in [3.05, 3.63) is 29.8 Å². The fourth-order valence-corrected chi connectivity index (χ4v) is 1.79. The van der Waals surface area contributed by atoms with Crippen molar-refractivity contribution in [3.8, 4) is 0 Å². The molecule has 3 nitrogen and oxygen atoms in total. The SMILES string of the molecule is CC(C)c1ccc(N2N=C(C(F)(F)F)CC2=O)cc1. The third kappa shape index (κ3) is 2.77. The summed E-state index contributed by atoms with van der Waals surface area (Å²) in [5, 5.41) is 4.17. The maximum absolute atomic E-state index is 12.5. The van der Waals surface area contributed by atoms with E-state index in [2.05, 4.69) is 5.10 Å². The summed E-state index contributed by atoms with van der Waals surface area (Å²) >= 11 is 0. The molecule has 1 aliphatic heterocycles. The number of alkyl halides is 3. The highest BCUT2D eigenvalue weighted by Gasteiger charge is 2.42. The summed E-state index contributed by atoms with van der Waals surface area (Å²) in [7, 11) is 0. The van der Waals surface area contributed by atoms with Crippen molar-refractivity contribution in [1.29, 1.82) is 0 Å². The van der Waals surface area contributed by atoms with Gasteiger partial charge in [0.15, 0.2) is 5.71 Å². The van der Waals surface area contributed by atoms with Gasteiger partial charge >= 0.3 is 6.18 Å². The largest absolute Gasteiger partial charge is 0.431 e. The number of amides is 1. The number of hydrazone groups is 1. The first-order chi connectivity index (χ1) is 8.79. The third-order valence-electron chi connectivity index (χ3n) is 2.91. The third-order valence-corrected chi connectivity index (χ3v) is 2.91. The van der Waals surface area contributed by atoms with Gasteiger partial charge in [0, 0.05) is 0 Å². The Balaban J connectivity index is 2.27. The fraction of sp³-hybridized carbons (Fsp3) is 0.385. The summed E-state index contributed by atoms with van der Waals surface area (Å²) in [6.45, 7) is 4.02. The molecular weight excluding hydrogens is 257 g/mol. The van der Waals surface area contributed by atoms with Gasteiger partial charge in [0.05, 0.1) is 12.1 Å². The number of hydrogen-bond donors (Lipinski definition) is 0. The van der Waals surface area contributed by atoms with Gasteiger partial charge in [-0.1, -0.05) is 26.0 Å². The molecule has 6 heteroatoms. The van der Waals surface area contributed by atoms with Gasteiger partial charge in [-0.2, -0.15) is 18.3 Å². The second-order valence-electron chi connectivity index (χ2n) is 4.67. The van der Waals surface area contributed by atoms with Gasteiger partial charge in [-0.25, -0.2) is 5.01 Å². The lowest BCUT2D eigenvalue weighted by atomic mass is 10.0. The Morgan fingerprint density at radius 3 is 2.21 bits per heavy atom. The molecular formula is C13H13F3N2O. The second-order valence-corrected chi connectivity index (χ2v) is 4.67. The maximum atomic E-state index is 12.5. The van der Waals surface area contributed by atoms with Gasteiger partial charge in [-0.15, -0.1) is 0 Å². The zero-order valence-corrected chi connectivity index (χ0v) is 10.5. The van der Waals surface area contributed by atoms with Gasteiger partial charge < -0.3 is 0 Å². The lowest BCUT2D eigenvalue weighted by Gasteiger charge is -2.13. The number of halogens is 3. The van der Waals surface area contributed by atoms with Crippen LogP contribution in [0.2, 0.25) is 0 Å². The number of anilines is 1. The Kier molecular flexibility index (Phi) is 3.34. The number of carbonyl (C=O) groups excluding carboxylic acids is 1. The number of benzene rings is 1. The summed E-state index contributed by atoms with van der Waals surface area (Å²) in [6.07, 6.45) is -5.25. The monoisotopic (exact) mass is 270 g/mol. The van der Waals surface area contributed by atoms with E-state index in [1.54, 1.807) is 24.3 Å². The topological polar surface area (TPSA) is 32.7 Å². The van der Waals surface area contributed by atoms with E-state index in [0.717, 1.165) is 10.6 Å². The smallest absolute Gasteiger partial charge is 0.272 e. The van der Waals surface area contributed by atoms with Crippen molar-refractivity contribution in [3.63, 3.8) is 0 Å². The number of nitrogens with zero attached hydrogens (tertiary/aromatic N) is 2. The van der Waals surface area contributed by atoms with Crippen LogP contribution in [-0.4, -0.2) is 17.8 Å². The molecule has 0 aliphatic carbocycles. The van der Waals surface area contributed by atoms with Crippen LogP contribution in [0.15, 0.2) is 29.4 Å². The zero-order chi connectivity index (χ0) is 14.2. The summed E-state index contributed by atoms with van der Waals surface area (Å²) in [5.41, 5.74) is 0.356. The minimum atomic E-state index is -4.55. The lowest BCUT2D eigenvalue weighted by Crippen LogP contribution is -2.22. The predicted molar refractivity (Wildman–Crippen MR) is 66.1 cm³/mol. The van der Waals surface area contributed by atoms with Crippen LogP contribution in [0.4, 0.5) is 18.9 Å². The number of rotatable bonds is 2. The van der Waals surface area contributed by atoms with E-state index in [1.165, 1.54) is 0 Å². The molecule has 1 aromatic carbocycles.